The molecule has 2 aliphatic rings. The van der Waals surface area contributed by atoms with E-state index in [-0.39, 0.29) is 23.1 Å². The zero-order valence-electron chi connectivity index (χ0n) is 15.4. The number of ether oxygens (including phenoxy) is 1. The van der Waals surface area contributed by atoms with Crippen LogP contribution in [0.2, 0.25) is 0 Å². The Morgan fingerprint density at radius 1 is 1.26 bits per heavy atom. The Hall–Kier alpha value is -2.74. The maximum absolute atomic E-state index is 12.9. The summed E-state index contributed by atoms with van der Waals surface area (Å²) >= 11 is 0. The Morgan fingerprint density at radius 3 is 2.85 bits per heavy atom. The van der Waals surface area contributed by atoms with E-state index in [1.165, 1.54) is 0 Å². The second-order valence-electron chi connectivity index (χ2n) is 6.95. The van der Waals surface area contributed by atoms with Gasteiger partial charge in [0.1, 0.15) is 11.7 Å². The number of carbonyl (C=O) groups excluding carboxylic acids is 1. The highest BCUT2D eigenvalue weighted by atomic mass is 16.5. The third-order valence-corrected chi connectivity index (χ3v) is 5.12. The molecule has 1 atom stereocenters. The molecule has 4 heterocycles. The van der Waals surface area contributed by atoms with Crippen LogP contribution in [0.3, 0.4) is 0 Å². The van der Waals surface area contributed by atoms with Crippen LogP contribution in [0.4, 0.5) is 5.95 Å². The summed E-state index contributed by atoms with van der Waals surface area (Å²) in [5.41, 5.74) is 1.27. The molecular formula is C19H23N5O3. The summed E-state index contributed by atoms with van der Waals surface area (Å²) in [4.78, 5) is 40.5. The van der Waals surface area contributed by atoms with Crippen LogP contribution in [-0.2, 0) is 4.74 Å². The molecule has 2 fully saturated rings. The molecular weight excluding hydrogens is 346 g/mol. The first-order chi connectivity index (χ1) is 13.1. The van der Waals surface area contributed by atoms with E-state index in [0.29, 0.717) is 31.2 Å². The summed E-state index contributed by atoms with van der Waals surface area (Å²) in [6.07, 6.45) is 5.28. The van der Waals surface area contributed by atoms with Crippen molar-refractivity contribution in [3.63, 3.8) is 0 Å². The van der Waals surface area contributed by atoms with Crippen molar-refractivity contribution in [2.24, 2.45) is 0 Å². The van der Waals surface area contributed by atoms with E-state index in [9.17, 15) is 9.59 Å². The Balaban J connectivity index is 1.54. The van der Waals surface area contributed by atoms with Gasteiger partial charge >= 0.3 is 0 Å². The molecule has 2 aromatic heterocycles. The first-order valence-electron chi connectivity index (χ1n) is 9.30. The van der Waals surface area contributed by atoms with E-state index in [2.05, 4.69) is 19.9 Å². The van der Waals surface area contributed by atoms with Crippen LogP contribution in [0.15, 0.2) is 29.3 Å². The monoisotopic (exact) mass is 369 g/mol. The van der Waals surface area contributed by atoms with E-state index < -0.39 is 0 Å². The molecule has 4 rings (SSSR count). The standard InChI is InChI=1S/C19H23N5O3/c1-13-4-6-20-17(25)16(13)18(26)24-10-11-27-15(12-24)14-5-7-21-19(22-14)23-8-2-3-9-23/h4-7,15H,2-3,8-12H2,1H3,(H,20,25). The number of aromatic amines is 1. The van der Waals surface area contributed by atoms with Gasteiger partial charge in [-0.3, -0.25) is 9.59 Å². The number of pyridine rings is 1. The highest BCUT2D eigenvalue weighted by Crippen LogP contribution is 2.24. The summed E-state index contributed by atoms with van der Waals surface area (Å²) in [6, 6.07) is 3.57. The van der Waals surface area contributed by atoms with Crippen molar-refractivity contribution in [1.82, 2.24) is 19.9 Å². The molecule has 0 bridgehead atoms. The predicted octanol–water partition coefficient (Wildman–Crippen LogP) is 1.29. The summed E-state index contributed by atoms with van der Waals surface area (Å²) in [5, 5.41) is 0. The zero-order chi connectivity index (χ0) is 18.8. The number of anilines is 1. The molecule has 2 aliphatic heterocycles. The first kappa shape index (κ1) is 17.7. The van der Waals surface area contributed by atoms with Crippen LogP contribution in [0.25, 0.3) is 0 Å². The maximum Gasteiger partial charge on any atom is 0.261 e. The largest absolute Gasteiger partial charge is 0.368 e. The maximum atomic E-state index is 12.9. The molecule has 8 heteroatoms. The first-order valence-corrected chi connectivity index (χ1v) is 9.30. The van der Waals surface area contributed by atoms with Gasteiger partial charge in [-0.2, -0.15) is 0 Å². The van der Waals surface area contributed by atoms with E-state index >= 15 is 0 Å². The molecule has 0 spiro atoms. The molecule has 2 aromatic rings. The number of hydrogen-bond acceptors (Lipinski definition) is 6. The number of aromatic nitrogens is 3. The molecule has 0 aromatic carbocycles. The molecule has 1 unspecified atom stereocenters. The van der Waals surface area contributed by atoms with Gasteiger partial charge in [0.15, 0.2) is 0 Å². The number of morpholine rings is 1. The fraction of sp³-hybridized carbons (Fsp3) is 0.474. The summed E-state index contributed by atoms with van der Waals surface area (Å²) in [6.45, 7) is 4.93. The van der Waals surface area contributed by atoms with Gasteiger partial charge in [0.25, 0.3) is 11.5 Å². The van der Waals surface area contributed by atoms with Gasteiger partial charge in [-0.15, -0.1) is 0 Å². The molecule has 2 saturated heterocycles. The summed E-state index contributed by atoms with van der Waals surface area (Å²) in [7, 11) is 0. The van der Waals surface area contributed by atoms with Gasteiger partial charge in [-0.05, 0) is 37.5 Å². The molecule has 0 radical (unpaired) electrons. The minimum Gasteiger partial charge on any atom is -0.368 e. The van der Waals surface area contributed by atoms with Crippen LogP contribution in [0.1, 0.15) is 40.6 Å². The van der Waals surface area contributed by atoms with Gasteiger partial charge in [0.2, 0.25) is 5.95 Å². The lowest BCUT2D eigenvalue weighted by Gasteiger charge is -2.33. The lowest BCUT2D eigenvalue weighted by Crippen LogP contribution is -2.44. The molecule has 1 N–H and O–H groups in total. The molecule has 27 heavy (non-hydrogen) atoms. The summed E-state index contributed by atoms with van der Waals surface area (Å²) in [5.74, 6) is 0.448. The normalized spacial score (nSPS) is 20.1. The molecule has 8 nitrogen and oxygen atoms in total. The van der Waals surface area contributed by atoms with Gasteiger partial charge in [-0.25, -0.2) is 9.97 Å². The second kappa shape index (κ2) is 7.48. The second-order valence-corrected chi connectivity index (χ2v) is 6.95. The van der Waals surface area contributed by atoms with E-state index in [0.717, 1.165) is 31.6 Å². The van der Waals surface area contributed by atoms with Crippen LogP contribution in [-0.4, -0.2) is 58.5 Å². The minimum absolute atomic E-state index is 0.193. The van der Waals surface area contributed by atoms with Crippen LogP contribution >= 0.6 is 0 Å². The lowest BCUT2D eigenvalue weighted by molar-refractivity contribution is -0.0248. The fourth-order valence-corrected chi connectivity index (χ4v) is 3.62. The van der Waals surface area contributed by atoms with Crippen molar-refractivity contribution in [2.75, 3.05) is 37.7 Å². The van der Waals surface area contributed by atoms with Crippen molar-refractivity contribution >= 4 is 11.9 Å². The van der Waals surface area contributed by atoms with Gasteiger partial charge in [-0.1, -0.05) is 0 Å². The van der Waals surface area contributed by atoms with Crippen LogP contribution in [0.5, 0.6) is 0 Å². The Morgan fingerprint density at radius 2 is 2.07 bits per heavy atom. The number of aryl methyl sites for hydroxylation is 1. The van der Waals surface area contributed by atoms with E-state index in [1.807, 2.05) is 6.07 Å². The predicted molar refractivity (Wildman–Crippen MR) is 99.9 cm³/mol. The average molecular weight is 369 g/mol. The van der Waals surface area contributed by atoms with Crippen molar-refractivity contribution in [2.45, 2.75) is 25.9 Å². The number of nitrogens with one attached hydrogen (secondary N) is 1. The smallest absolute Gasteiger partial charge is 0.261 e. The fourth-order valence-electron chi connectivity index (χ4n) is 3.62. The third-order valence-electron chi connectivity index (χ3n) is 5.12. The molecule has 0 aliphatic carbocycles. The van der Waals surface area contributed by atoms with Crippen molar-refractivity contribution < 1.29 is 9.53 Å². The molecule has 0 saturated carbocycles. The Labute approximate surface area is 157 Å². The quantitative estimate of drug-likeness (QED) is 0.877. The number of hydrogen-bond donors (Lipinski definition) is 1. The SMILES string of the molecule is Cc1cc[nH]c(=O)c1C(=O)N1CCOC(c2ccnc(N3CCCC3)n2)C1. The van der Waals surface area contributed by atoms with Crippen LogP contribution in [0, 0.1) is 6.92 Å². The number of carbonyl (C=O) groups is 1. The highest BCUT2D eigenvalue weighted by molar-refractivity contribution is 5.95. The van der Waals surface area contributed by atoms with Gasteiger partial charge in [0.05, 0.1) is 18.8 Å². The van der Waals surface area contributed by atoms with Gasteiger partial charge < -0.3 is 19.5 Å². The zero-order valence-corrected chi connectivity index (χ0v) is 15.4. The Kier molecular flexibility index (Phi) is 4.89. The topological polar surface area (TPSA) is 91.4 Å². The lowest BCUT2D eigenvalue weighted by atomic mass is 10.1. The van der Waals surface area contributed by atoms with E-state index in [4.69, 9.17) is 4.74 Å². The van der Waals surface area contributed by atoms with E-state index in [1.54, 1.807) is 30.3 Å². The number of nitrogens with zero attached hydrogens (tertiary/aromatic N) is 4. The minimum atomic E-state index is -0.360. The molecule has 1 amide bonds. The number of rotatable bonds is 3. The number of amides is 1. The summed E-state index contributed by atoms with van der Waals surface area (Å²) < 4.78 is 5.87. The van der Waals surface area contributed by atoms with Crippen LogP contribution < -0.4 is 10.5 Å². The average Bonchev–Trinajstić information content (AvgIpc) is 3.23. The van der Waals surface area contributed by atoms with Crippen molar-refractivity contribution in [3.8, 4) is 0 Å². The Bertz CT molecular complexity index is 891. The van der Waals surface area contributed by atoms with Gasteiger partial charge in [0, 0.05) is 32.0 Å². The van der Waals surface area contributed by atoms with Crippen molar-refractivity contribution in [1.29, 1.82) is 0 Å². The number of H-pyrrole nitrogens is 1. The highest BCUT2D eigenvalue weighted by Gasteiger charge is 2.29. The molecule has 142 valence electrons. The van der Waals surface area contributed by atoms with Crippen molar-refractivity contribution in [3.05, 3.63) is 51.7 Å². The third kappa shape index (κ3) is 3.57.